The third-order valence-corrected chi connectivity index (χ3v) is 5.29. The van der Waals surface area contributed by atoms with Gasteiger partial charge in [0.1, 0.15) is 5.82 Å². The standard InChI is InChI=1S/C15H16ClFN2O2/c16-11-2-1-3-12(17)10(11)9-18-5-4-15-13(18)8-14(20)19(15)6-7-21-15/h1-3,13H,4-9H2/t13-,15+/m1/s1. The van der Waals surface area contributed by atoms with E-state index in [1.165, 1.54) is 6.07 Å². The lowest BCUT2D eigenvalue weighted by atomic mass is 10.1. The van der Waals surface area contributed by atoms with Crippen LogP contribution in [0.15, 0.2) is 18.2 Å². The highest BCUT2D eigenvalue weighted by Gasteiger charge is 2.61. The van der Waals surface area contributed by atoms with E-state index in [1.807, 2.05) is 4.90 Å². The lowest BCUT2D eigenvalue weighted by molar-refractivity contribution is -0.136. The van der Waals surface area contributed by atoms with Gasteiger partial charge in [-0.2, -0.15) is 0 Å². The van der Waals surface area contributed by atoms with Crippen LogP contribution in [0.1, 0.15) is 18.4 Å². The van der Waals surface area contributed by atoms with Crippen LogP contribution in [0, 0.1) is 5.82 Å². The summed E-state index contributed by atoms with van der Waals surface area (Å²) in [7, 11) is 0. The number of carbonyl (C=O) groups excluding carboxylic acids is 1. The van der Waals surface area contributed by atoms with Crippen LogP contribution in [0.3, 0.4) is 0 Å². The summed E-state index contributed by atoms with van der Waals surface area (Å²) < 4.78 is 19.9. The summed E-state index contributed by atoms with van der Waals surface area (Å²) in [5.74, 6) is -0.154. The summed E-state index contributed by atoms with van der Waals surface area (Å²) in [5, 5.41) is 0.435. The molecule has 0 bridgehead atoms. The predicted octanol–water partition coefficient (Wildman–Crippen LogP) is 2.01. The van der Waals surface area contributed by atoms with Crippen LogP contribution in [-0.4, -0.2) is 47.2 Å². The number of rotatable bonds is 2. The highest BCUT2D eigenvalue weighted by atomic mass is 35.5. The number of halogens is 2. The Morgan fingerprint density at radius 1 is 1.43 bits per heavy atom. The summed E-state index contributed by atoms with van der Waals surface area (Å²) in [6, 6.07) is 4.73. The van der Waals surface area contributed by atoms with Gasteiger partial charge in [0, 0.05) is 43.1 Å². The maximum atomic E-state index is 14.0. The van der Waals surface area contributed by atoms with Crippen LogP contribution < -0.4 is 0 Å². The molecule has 0 N–H and O–H groups in total. The molecule has 4 nitrogen and oxygen atoms in total. The Labute approximate surface area is 127 Å². The Balaban J connectivity index is 1.62. The van der Waals surface area contributed by atoms with Crippen LogP contribution >= 0.6 is 11.6 Å². The Hall–Kier alpha value is -1.17. The van der Waals surface area contributed by atoms with Crippen LogP contribution in [-0.2, 0) is 16.1 Å². The highest BCUT2D eigenvalue weighted by molar-refractivity contribution is 6.31. The van der Waals surface area contributed by atoms with E-state index in [1.54, 1.807) is 12.1 Å². The minimum atomic E-state index is -0.477. The van der Waals surface area contributed by atoms with E-state index in [4.69, 9.17) is 16.3 Å². The van der Waals surface area contributed by atoms with Crippen molar-refractivity contribution in [3.63, 3.8) is 0 Å². The zero-order valence-electron chi connectivity index (χ0n) is 11.5. The number of amides is 1. The zero-order valence-corrected chi connectivity index (χ0v) is 12.3. The Bertz CT molecular complexity index is 591. The quantitative estimate of drug-likeness (QED) is 0.838. The molecule has 4 rings (SSSR count). The van der Waals surface area contributed by atoms with Gasteiger partial charge in [-0.25, -0.2) is 4.39 Å². The Kier molecular flexibility index (Phi) is 3.00. The van der Waals surface area contributed by atoms with Gasteiger partial charge in [-0.05, 0) is 12.1 Å². The molecule has 3 aliphatic rings. The second-order valence-corrected chi connectivity index (χ2v) is 6.29. The number of nitrogens with zero attached hydrogens (tertiary/aromatic N) is 2. The number of ether oxygens (including phenoxy) is 1. The molecule has 21 heavy (non-hydrogen) atoms. The molecule has 1 aromatic carbocycles. The van der Waals surface area contributed by atoms with Crippen LogP contribution in [0.25, 0.3) is 0 Å². The lowest BCUT2D eigenvalue weighted by Gasteiger charge is -2.31. The van der Waals surface area contributed by atoms with Gasteiger partial charge in [0.05, 0.1) is 12.6 Å². The molecule has 3 heterocycles. The molecular formula is C15H16ClFN2O2. The molecule has 3 aliphatic heterocycles. The Morgan fingerprint density at radius 3 is 3.10 bits per heavy atom. The monoisotopic (exact) mass is 310 g/mol. The van der Waals surface area contributed by atoms with Gasteiger partial charge < -0.3 is 9.64 Å². The summed E-state index contributed by atoms with van der Waals surface area (Å²) in [4.78, 5) is 16.1. The molecule has 0 unspecified atom stereocenters. The van der Waals surface area contributed by atoms with Gasteiger partial charge in [0.25, 0.3) is 0 Å². The van der Waals surface area contributed by atoms with Crippen LogP contribution in [0.2, 0.25) is 5.02 Å². The number of benzene rings is 1. The number of carbonyl (C=O) groups is 1. The molecule has 0 saturated carbocycles. The smallest absolute Gasteiger partial charge is 0.226 e. The third-order valence-electron chi connectivity index (χ3n) is 4.93. The van der Waals surface area contributed by atoms with Gasteiger partial charge in [0.15, 0.2) is 5.72 Å². The van der Waals surface area contributed by atoms with E-state index in [-0.39, 0.29) is 17.8 Å². The third kappa shape index (κ3) is 1.84. The topological polar surface area (TPSA) is 32.8 Å². The molecule has 0 radical (unpaired) electrons. The van der Waals surface area contributed by atoms with Gasteiger partial charge in [-0.3, -0.25) is 9.69 Å². The van der Waals surface area contributed by atoms with Crippen molar-refractivity contribution in [1.29, 1.82) is 0 Å². The molecule has 6 heteroatoms. The first-order valence-electron chi connectivity index (χ1n) is 7.23. The first kappa shape index (κ1) is 13.5. The van der Waals surface area contributed by atoms with Crippen molar-refractivity contribution in [2.75, 3.05) is 19.7 Å². The van der Waals surface area contributed by atoms with E-state index < -0.39 is 5.72 Å². The zero-order chi connectivity index (χ0) is 14.6. The van der Waals surface area contributed by atoms with Crippen molar-refractivity contribution in [1.82, 2.24) is 9.80 Å². The van der Waals surface area contributed by atoms with Gasteiger partial charge in [-0.1, -0.05) is 17.7 Å². The van der Waals surface area contributed by atoms with Gasteiger partial charge in [-0.15, -0.1) is 0 Å². The molecule has 112 valence electrons. The second kappa shape index (κ2) is 4.66. The first-order chi connectivity index (χ1) is 10.1. The fraction of sp³-hybridized carbons (Fsp3) is 0.533. The fourth-order valence-corrected chi connectivity index (χ4v) is 4.17. The Morgan fingerprint density at radius 2 is 2.29 bits per heavy atom. The molecule has 3 fully saturated rings. The lowest BCUT2D eigenvalue weighted by Crippen LogP contribution is -2.47. The molecule has 2 atom stereocenters. The van der Waals surface area contributed by atoms with Crippen molar-refractivity contribution in [2.45, 2.75) is 31.2 Å². The van der Waals surface area contributed by atoms with E-state index in [0.717, 1.165) is 13.0 Å². The van der Waals surface area contributed by atoms with E-state index in [9.17, 15) is 9.18 Å². The van der Waals surface area contributed by atoms with E-state index in [0.29, 0.717) is 36.7 Å². The molecule has 1 amide bonds. The number of hydrogen-bond donors (Lipinski definition) is 0. The van der Waals surface area contributed by atoms with Crippen LogP contribution in [0.5, 0.6) is 0 Å². The molecule has 3 saturated heterocycles. The molecule has 0 aromatic heterocycles. The van der Waals surface area contributed by atoms with Gasteiger partial charge >= 0.3 is 0 Å². The van der Waals surface area contributed by atoms with E-state index in [2.05, 4.69) is 4.90 Å². The summed E-state index contributed by atoms with van der Waals surface area (Å²) in [5.41, 5.74) is 0.0227. The normalized spacial score (nSPS) is 31.8. The van der Waals surface area contributed by atoms with Crippen LogP contribution in [0.4, 0.5) is 4.39 Å². The number of likely N-dealkylation sites (tertiary alicyclic amines) is 1. The summed E-state index contributed by atoms with van der Waals surface area (Å²) >= 11 is 6.11. The number of hydrogen-bond acceptors (Lipinski definition) is 3. The maximum absolute atomic E-state index is 14.0. The second-order valence-electron chi connectivity index (χ2n) is 5.88. The first-order valence-corrected chi connectivity index (χ1v) is 7.61. The van der Waals surface area contributed by atoms with E-state index >= 15 is 0 Å². The van der Waals surface area contributed by atoms with Gasteiger partial charge in [0.2, 0.25) is 5.91 Å². The maximum Gasteiger partial charge on any atom is 0.226 e. The van der Waals surface area contributed by atoms with Crippen molar-refractivity contribution < 1.29 is 13.9 Å². The minimum Gasteiger partial charge on any atom is -0.352 e. The molecule has 0 aliphatic carbocycles. The summed E-state index contributed by atoms with van der Waals surface area (Å²) in [6.07, 6.45) is 1.24. The van der Waals surface area contributed by atoms with Crippen molar-refractivity contribution in [3.05, 3.63) is 34.6 Å². The molecular weight excluding hydrogens is 295 g/mol. The average Bonchev–Trinajstić information content (AvgIpc) is 3.07. The van der Waals surface area contributed by atoms with Crippen molar-refractivity contribution in [3.8, 4) is 0 Å². The SMILES string of the molecule is O=C1C[C@H]2N(Cc3c(F)cccc3Cl)CC[C@]23OCCN13. The molecule has 1 spiro atoms. The molecule has 1 aromatic rings. The highest BCUT2D eigenvalue weighted by Crippen LogP contribution is 2.46. The average molecular weight is 311 g/mol. The summed E-state index contributed by atoms with van der Waals surface area (Å²) in [6.45, 7) is 2.47. The minimum absolute atomic E-state index is 0.00294. The fourth-order valence-electron chi connectivity index (χ4n) is 3.95. The van der Waals surface area contributed by atoms with Crippen molar-refractivity contribution in [2.24, 2.45) is 0 Å². The predicted molar refractivity (Wildman–Crippen MR) is 75.2 cm³/mol. The van der Waals surface area contributed by atoms with Crippen molar-refractivity contribution >= 4 is 17.5 Å². The largest absolute Gasteiger partial charge is 0.352 e.